The van der Waals surface area contributed by atoms with Crippen molar-refractivity contribution in [2.75, 3.05) is 18.2 Å². The molecule has 0 unspecified atom stereocenters. The van der Waals surface area contributed by atoms with Gasteiger partial charge in [0.15, 0.2) is 0 Å². The molecule has 0 saturated heterocycles. The van der Waals surface area contributed by atoms with Gasteiger partial charge in [-0.3, -0.25) is 4.79 Å². The first kappa shape index (κ1) is 10.2. The van der Waals surface area contributed by atoms with Gasteiger partial charge in [-0.25, -0.2) is 0 Å². The number of anilines is 2. The topological polar surface area (TPSA) is 101 Å². The van der Waals surface area contributed by atoms with E-state index in [0.717, 1.165) is 5.56 Å². The number of methoxy groups -OCH3 is 1. The number of carbonyl (C=O) groups excluding carboxylic acids is 1. The molecular weight excluding hydrogens is 208 g/mol. The third-order valence-corrected chi connectivity index (χ3v) is 2.46. The number of nitrogens with one attached hydrogen (secondary N) is 1. The number of pyridine rings is 1. The van der Waals surface area contributed by atoms with E-state index in [-0.39, 0.29) is 17.3 Å². The largest absolute Gasteiger partial charge is 0.481 e. The SMILES string of the molecule is COc1nc(N)c(C#N)c2c1CCC(=O)N2. The lowest BCUT2D eigenvalue weighted by atomic mass is 10.0. The third kappa shape index (κ3) is 1.42. The van der Waals surface area contributed by atoms with E-state index in [2.05, 4.69) is 10.3 Å². The number of rotatable bonds is 1. The fourth-order valence-electron chi connectivity index (χ4n) is 1.71. The van der Waals surface area contributed by atoms with Crippen molar-refractivity contribution in [1.82, 2.24) is 4.98 Å². The van der Waals surface area contributed by atoms with E-state index in [0.29, 0.717) is 24.4 Å². The molecule has 0 fully saturated rings. The average Bonchev–Trinajstić information content (AvgIpc) is 2.27. The molecule has 0 bridgehead atoms. The Balaban J connectivity index is 2.68. The van der Waals surface area contributed by atoms with E-state index in [4.69, 9.17) is 15.7 Å². The second-order valence-electron chi connectivity index (χ2n) is 3.39. The fraction of sp³-hybridized carbons (Fsp3) is 0.300. The molecule has 82 valence electrons. The molecule has 1 aliphatic heterocycles. The molecule has 3 N–H and O–H groups in total. The molecule has 1 aliphatic rings. The molecule has 1 aromatic heterocycles. The van der Waals surface area contributed by atoms with E-state index in [1.165, 1.54) is 7.11 Å². The van der Waals surface area contributed by atoms with Gasteiger partial charge in [-0.1, -0.05) is 0 Å². The number of nitrogens with two attached hydrogens (primary N) is 1. The van der Waals surface area contributed by atoms with Gasteiger partial charge in [0, 0.05) is 12.0 Å². The van der Waals surface area contributed by atoms with Crippen molar-refractivity contribution in [2.45, 2.75) is 12.8 Å². The average molecular weight is 218 g/mol. The van der Waals surface area contributed by atoms with Crippen molar-refractivity contribution < 1.29 is 9.53 Å². The Morgan fingerprint density at radius 1 is 1.56 bits per heavy atom. The lowest BCUT2D eigenvalue weighted by Gasteiger charge is -2.20. The van der Waals surface area contributed by atoms with Crippen LogP contribution in [0.15, 0.2) is 0 Å². The van der Waals surface area contributed by atoms with Crippen LogP contribution in [0.3, 0.4) is 0 Å². The summed E-state index contributed by atoms with van der Waals surface area (Å²) in [6.45, 7) is 0. The zero-order valence-electron chi connectivity index (χ0n) is 8.70. The predicted molar refractivity (Wildman–Crippen MR) is 56.9 cm³/mol. The van der Waals surface area contributed by atoms with Gasteiger partial charge in [0.1, 0.15) is 17.5 Å². The van der Waals surface area contributed by atoms with Crippen LogP contribution < -0.4 is 15.8 Å². The van der Waals surface area contributed by atoms with Gasteiger partial charge >= 0.3 is 0 Å². The summed E-state index contributed by atoms with van der Waals surface area (Å²) < 4.78 is 5.08. The first-order chi connectivity index (χ1) is 7.67. The van der Waals surface area contributed by atoms with E-state index < -0.39 is 0 Å². The number of amides is 1. The summed E-state index contributed by atoms with van der Waals surface area (Å²) in [6, 6.07) is 1.94. The Hall–Kier alpha value is -2.29. The maximum absolute atomic E-state index is 11.3. The number of nitrogens with zero attached hydrogens (tertiary/aromatic N) is 2. The fourth-order valence-corrected chi connectivity index (χ4v) is 1.71. The quantitative estimate of drug-likeness (QED) is 0.711. The molecular formula is C10H10N4O2. The van der Waals surface area contributed by atoms with Crippen molar-refractivity contribution in [3.63, 3.8) is 0 Å². The zero-order chi connectivity index (χ0) is 11.7. The standard InChI is InChI=1S/C10H10N4O2/c1-16-10-5-2-3-7(15)13-8(5)6(4-11)9(12)14-10/h2-3H2,1H3,(H2,12,14)(H,13,15). The summed E-state index contributed by atoms with van der Waals surface area (Å²) in [4.78, 5) is 15.3. The van der Waals surface area contributed by atoms with E-state index in [9.17, 15) is 4.79 Å². The number of aromatic nitrogens is 1. The number of hydrogen-bond donors (Lipinski definition) is 2. The molecule has 6 heteroatoms. The second-order valence-corrected chi connectivity index (χ2v) is 3.39. The van der Waals surface area contributed by atoms with Gasteiger partial charge in [-0.05, 0) is 6.42 Å². The van der Waals surface area contributed by atoms with Crippen LogP contribution in [0, 0.1) is 11.3 Å². The van der Waals surface area contributed by atoms with Crippen LogP contribution in [0.4, 0.5) is 11.5 Å². The highest BCUT2D eigenvalue weighted by Gasteiger charge is 2.24. The van der Waals surface area contributed by atoms with Crippen LogP contribution >= 0.6 is 0 Å². The highest BCUT2D eigenvalue weighted by molar-refractivity contribution is 5.97. The molecule has 2 heterocycles. The monoisotopic (exact) mass is 218 g/mol. The highest BCUT2D eigenvalue weighted by Crippen LogP contribution is 2.34. The summed E-state index contributed by atoms with van der Waals surface area (Å²) >= 11 is 0. The van der Waals surface area contributed by atoms with Crippen LogP contribution in [0.5, 0.6) is 5.88 Å². The lowest BCUT2D eigenvalue weighted by molar-refractivity contribution is -0.116. The smallest absolute Gasteiger partial charge is 0.224 e. The van der Waals surface area contributed by atoms with Crippen molar-refractivity contribution >= 4 is 17.4 Å². The Kier molecular flexibility index (Phi) is 2.37. The summed E-state index contributed by atoms with van der Waals surface area (Å²) in [7, 11) is 1.48. The minimum Gasteiger partial charge on any atom is -0.481 e. The number of fused-ring (bicyclic) bond motifs is 1. The first-order valence-corrected chi connectivity index (χ1v) is 4.73. The second kappa shape index (κ2) is 3.70. The molecule has 16 heavy (non-hydrogen) atoms. The highest BCUT2D eigenvalue weighted by atomic mass is 16.5. The van der Waals surface area contributed by atoms with Crippen molar-refractivity contribution in [3.05, 3.63) is 11.1 Å². The molecule has 0 aromatic carbocycles. The van der Waals surface area contributed by atoms with E-state index in [1.807, 2.05) is 6.07 Å². The Bertz CT molecular complexity index is 505. The van der Waals surface area contributed by atoms with Gasteiger partial charge in [-0.15, -0.1) is 0 Å². The molecule has 1 amide bonds. The Morgan fingerprint density at radius 3 is 2.94 bits per heavy atom. The molecule has 6 nitrogen and oxygen atoms in total. The Morgan fingerprint density at radius 2 is 2.31 bits per heavy atom. The van der Waals surface area contributed by atoms with Crippen molar-refractivity contribution in [1.29, 1.82) is 5.26 Å². The summed E-state index contributed by atoms with van der Waals surface area (Å²) in [5.41, 5.74) is 6.97. The van der Waals surface area contributed by atoms with Crippen LogP contribution in [0.1, 0.15) is 17.5 Å². The molecule has 0 spiro atoms. The van der Waals surface area contributed by atoms with Gasteiger partial charge < -0.3 is 15.8 Å². The molecule has 2 rings (SSSR count). The predicted octanol–water partition coefficient (Wildman–Crippen LogP) is 0.429. The summed E-state index contributed by atoms with van der Waals surface area (Å²) in [5, 5.41) is 11.6. The number of nitrogen functional groups attached to an aromatic ring is 1. The molecule has 0 atom stereocenters. The lowest BCUT2D eigenvalue weighted by Crippen LogP contribution is -2.22. The maximum Gasteiger partial charge on any atom is 0.224 e. The number of carbonyl (C=O) groups is 1. The van der Waals surface area contributed by atoms with Gasteiger partial charge in [0.2, 0.25) is 11.8 Å². The molecule has 1 aromatic rings. The van der Waals surface area contributed by atoms with Crippen molar-refractivity contribution in [2.24, 2.45) is 0 Å². The zero-order valence-corrected chi connectivity index (χ0v) is 8.70. The normalized spacial score (nSPS) is 13.6. The van der Waals surface area contributed by atoms with E-state index in [1.54, 1.807) is 0 Å². The van der Waals surface area contributed by atoms with Gasteiger partial charge in [0.25, 0.3) is 0 Å². The van der Waals surface area contributed by atoms with E-state index >= 15 is 0 Å². The Labute approximate surface area is 92.0 Å². The number of ether oxygens (including phenoxy) is 1. The number of hydrogen-bond acceptors (Lipinski definition) is 5. The van der Waals surface area contributed by atoms with Crippen molar-refractivity contribution in [3.8, 4) is 11.9 Å². The van der Waals surface area contributed by atoms with Crippen LogP contribution in [-0.4, -0.2) is 18.0 Å². The van der Waals surface area contributed by atoms with Gasteiger partial charge in [-0.2, -0.15) is 10.2 Å². The maximum atomic E-state index is 11.3. The first-order valence-electron chi connectivity index (χ1n) is 4.73. The molecule has 0 radical (unpaired) electrons. The molecule has 0 aliphatic carbocycles. The van der Waals surface area contributed by atoms with Crippen LogP contribution in [0.25, 0.3) is 0 Å². The van der Waals surface area contributed by atoms with Crippen LogP contribution in [0.2, 0.25) is 0 Å². The summed E-state index contributed by atoms with van der Waals surface area (Å²) in [5.74, 6) is 0.309. The number of nitriles is 1. The third-order valence-electron chi connectivity index (χ3n) is 2.46. The minimum atomic E-state index is -0.128. The summed E-state index contributed by atoms with van der Waals surface area (Å²) in [6.07, 6.45) is 0.867. The van der Waals surface area contributed by atoms with Crippen LogP contribution in [-0.2, 0) is 11.2 Å². The van der Waals surface area contributed by atoms with Gasteiger partial charge in [0.05, 0.1) is 12.8 Å². The molecule has 0 saturated carbocycles. The minimum absolute atomic E-state index is 0.0697.